The molecule has 1 rings (SSSR count). The van der Waals surface area contributed by atoms with E-state index >= 15 is 0 Å². The Hall–Kier alpha value is -1.59. The van der Waals surface area contributed by atoms with Crippen molar-refractivity contribution in [3.05, 3.63) is 29.8 Å². The summed E-state index contributed by atoms with van der Waals surface area (Å²) in [5, 5.41) is 2.94. The highest BCUT2D eigenvalue weighted by molar-refractivity contribution is 5.81. The Bertz CT molecular complexity index is 388. The van der Waals surface area contributed by atoms with Crippen molar-refractivity contribution >= 4 is 5.91 Å². The normalized spacial score (nSPS) is 13.7. The Kier molecular flexibility index (Phi) is 6.32. The topological polar surface area (TPSA) is 73.6 Å². The first-order valence-corrected chi connectivity index (χ1v) is 6.33. The van der Waals surface area contributed by atoms with E-state index in [0.29, 0.717) is 0 Å². The van der Waals surface area contributed by atoms with Gasteiger partial charge in [0.15, 0.2) is 0 Å². The minimum Gasteiger partial charge on any atom is -0.497 e. The monoisotopic (exact) mass is 266 g/mol. The minimum atomic E-state index is -0.604. The number of nitrogens with one attached hydrogen (secondary N) is 1. The fraction of sp³-hybridized carbons (Fsp3) is 0.500. The van der Waals surface area contributed by atoms with Crippen LogP contribution in [0.3, 0.4) is 0 Å². The summed E-state index contributed by atoms with van der Waals surface area (Å²) in [6.07, 6.45) is 0.186. The van der Waals surface area contributed by atoms with Crippen LogP contribution in [0.5, 0.6) is 5.75 Å². The summed E-state index contributed by atoms with van der Waals surface area (Å²) in [4.78, 5) is 11.9. The van der Waals surface area contributed by atoms with Gasteiger partial charge in [0.1, 0.15) is 11.9 Å². The van der Waals surface area contributed by atoms with Crippen molar-refractivity contribution < 1.29 is 14.3 Å². The summed E-state index contributed by atoms with van der Waals surface area (Å²) in [7, 11) is 3.10. The smallest absolute Gasteiger partial charge is 0.250 e. The second-order valence-electron chi connectivity index (χ2n) is 4.20. The van der Waals surface area contributed by atoms with Gasteiger partial charge in [0.05, 0.1) is 13.2 Å². The van der Waals surface area contributed by atoms with Crippen LogP contribution < -0.4 is 15.8 Å². The maximum Gasteiger partial charge on any atom is 0.250 e. The molecule has 0 spiro atoms. The number of amides is 1. The van der Waals surface area contributed by atoms with Crippen LogP contribution in [0.4, 0.5) is 0 Å². The molecule has 3 N–H and O–H groups in total. The molecular weight excluding hydrogens is 244 g/mol. The van der Waals surface area contributed by atoms with Crippen molar-refractivity contribution in [3.63, 3.8) is 0 Å². The van der Waals surface area contributed by atoms with Gasteiger partial charge < -0.3 is 20.5 Å². The highest BCUT2D eigenvalue weighted by Gasteiger charge is 2.19. The number of carbonyl (C=O) groups excluding carboxylic acids is 1. The molecule has 0 aliphatic rings. The molecule has 5 heteroatoms. The Morgan fingerprint density at radius 3 is 2.37 bits per heavy atom. The Balaban J connectivity index is 2.74. The molecule has 1 aromatic rings. The lowest BCUT2D eigenvalue weighted by Crippen LogP contribution is -2.42. The Morgan fingerprint density at radius 1 is 1.32 bits per heavy atom. The van der Waals surface area contributed by atoms with Gasteiger partial charge in [-0.15, -0.1) is 0 Å². The van der Waals surface area contributed by atoms with Crippen LogP contribution >= 0.6 is 0 Å². The zero-order valence-electron chi connectivity index (χ0n) is 11.7. The lowest BCUT2D eigenvalue weighted by Gasteiger charge is -2.21. The molecule has 0 bridgehead atoms. The molecule has 2 atom stereocenters. The zero-order chi connectivity index (χ0) is 14.3. The first-order valence-electron chi connectivity index (χ1n) is 6.33. The Labute approximate surface area is 114 Å². The zero-order valence-corrected chi connectivity index (χ0v) is 11.7. The van der Waals surface area contributed by atoms with Crippen LogP contribution in [-0.2, 0) is 9.53 Å². The molecule has 0 radical (unpaired) electrons. The molecule has 0 aliphatic heterocycles. The van der Waals surface area contributed by atoms with Crippen molar-refractivity contribution in [1.29, 1.82) is 0 Å². The highest BCUT2D eigenvalue weighted by Crippen LogP contribution is 2.20. The second-order valence-corrected chi connectivity index (χ2v) is 4.20. The molecule has 0 aromatic heterocycles. The maximum absolute atomic E-state index is 11.9. The van der Waals surface area contributed by atoms with Crippen LogP contribution in [0.1, 0.15) is 24.9 Å². The standard InChI is InChI=1S/C14H22N2O3/c1-4-12(16-14(17)13(9-15)19-3)10-5-7-11(18-2)8-6-10/h5-8,12-13H,4,9,15H2,1-3H3,(H,16,17). The van der Waals surface area contributed by atoms with E-state index < -0.39 is 6.10 Å². The van der Waals surface area contributed by atoms with Crippen molar-refractivity contribution in [2.45, 2.75) is 25.5 Å². The van der Waals surface area contributed by atoms with E-state index in [0.717, 1.165) is 17.7 Å². The predicted octanol–water partition coefficient (Wildman–Crippen LogP) is 1.24. The van der Waals surface area contributed by atoms with Gasteiger partial charge in [-0.25, -0.2) is 0 Å². The summed E-state index contributed by atoms with van der Waals surface area (Å²) < 4.78 is 10.1. The van der Waals surface area contributed by atoms with Crippen LogP contribution in [0.2, 0.25) is 0 Å². The summed E-state index contributed by atoms with van der Waals surface area (Å²) in [6, 6.07) is 7.58. The van der Waals surface area contributed by atoms with Gasteiger partial charge in [0.25, 0.3) is 5.91 Å². The van der Waals surface area contributed by atoms with Crippen LogP contribution in [-0.4, -0.2) is 32.8 Å². The summed E-state index contributed by atoms with van der Waals surface area (Å²) in [5.74, 6) is 0.606. The number of rotatable bonds is 7. The van der Waals surface area contributed by atoms with Crippen LogP contribution in [0.25, 0.3) is 0 Å². The van der Waals surface area contributed by atoms with Gasteiger partial charge in [-0.3, -0.25) is 4.79 Å². The first kappa shape index (κ1) is 15.5. The highest BCUT2D eigenvalue weighted by atomic mass is 16.5. The average molecular weight is 266 g/mol. The molecule has 1 amide bonds. The molecule has 19 heavy (non-hydrogen) atoms. The first-order chi connectivity index (χ1) is 9.15. The third-order valence-electron chi connectivity index (χ3n) is 3.03. The summed E-state index contributed by atoms with van der Waals surface area (Å²) >= 11 is 0. The second kappa shape index (κ2) is 7.76. The third kappa shape index (κ3) is 4.22. The lowest BCUT2D eigenvalue weighted by atomic mass is 10.0. The van der Waals surface area contributed by atoms with Crippen molar-refractivity contribution in [3.8, 4) is 5.75 Å². The van der Waals surface area contributed by atoms with Gasteiger partial charge in [0.2, 0.25) is 0 Å². The summed E-state index contributed by atoms with van der Waals surface area (Å²) in [6.45, 7) is 2.18. The van der Waals surface area contributed by atoms with Crippen LogP contribution in [0.15, 0.2) is 24.3 Å². The molecule has 106 valence electrons. The molecule has 0 saturated carbocycles. The van der Waals surface area contributed by atoms with E-state index in [2.05, 4.69) is 5.32 Å². The number of ether oxygens (including phenoxy) is 2. The molecule has 0 aliphatic carbocycles. The van der Waals surface area contributed by atoms with E-state index in [1.54, 1.807) is 7.11 Å². The van der Waals surface area contributed by atoms with E-state index in [9.17, 15) is 4.79 Å². The van der Waals surface area contributed by atoms with Gasteiger partial charge >= 0.3 is 0 Å². The number of nitrogens with two attached hydrogens (primary N) is 1. The third-order valence-corrected chi connectivity index (χ3v) is 3.03. The van der Waals surface area contributed by atoms with E-state index in [4.69, 9.17) is 15.2 Å². The van der Waals surface area contributed by atoms with Gasteiger partial charge in [-0.1, -0.05) is 19.1 Å². The molecule has 0 fully saturated rings. The molecule has 0 heterocycles. The summed E-state index contributed by atoms with van der Waals surface area (Å²) in [5.41, 5.74) is 6.51. The van der Waals surface area contributed by atoms with Gasteiger partial charge in [-0.05, 0) is 24.1 Å². The largest absolute Gasteiger partial charge is 0.497 e. The number of hydrogen-bond acceptors (Lipinski definition) is 4. The Morgan fingerprint density at radius 2 is 1.95 bits per heavy atom. The fourth-order valence-corrected chi connectivity index (χ4v) is 1.83. The average Bonchev–Trinajstić information content (AvgIpc) is 2.46. The van der Waals surface area contributed by atoms with Crippen molar-refractivity contribution in [1.82, 2.24) is 5.32 Å². The van der Waals surface area contributed by atoms with Crippen LogP contribution in [0, 0.1) is 0 Å². The van der Waals surface area contributed by atoms with Crippen molar-refractivity contribution in [2.75, 3.05) is 20.8 Å². The van der Waals surface area contributed by atoms with Gasteiger partial charge in [0, 0.05) is 13.7 Å². The van der Waals surface area contributed by atoms with E-state index in [1.807, 2.05) is 31.2 Å². The molecular formula is C14H22N2O3. The quantitative estimate of drug-likeness (QED) is 0.778. The number of hydrogen-bond donors (Lipinski definition) is 2. The lowest BCUT2D eigenvalue weighted by molar-refractivity contribution is -0.131. The molecule has 1 aromatic carbocycles. The number of carbonyl (C=O) groups is 1. The predicted molar refractivity (Wildman–Crippen MR) is 74.0 cm³/mol. The number of benzene rings is 1. The van der Waals surface area contributed by atoms with Gasteiger partial charge in [-0.2, -0.15) is 0 Å². The number of methoxy groups -OCH3 is 2. The van der Waals surface area contributed by atoms with E-state index in [-0.39, 0.29) is 18.5 Å². The minimum absolute atomic E-state index is 0.0531. The molecule has 0 saturated heterocycles. The molecule has 2 unspecified atom stereocenters. The van der Waals surface area contributed by atoms with Crippen molar-refractivity contribution in [2.24, 2.45) is 5.73 Å². The fourth-order valence-electron chi connectivity index (χ4n) is 1.83. The maximum atomic E-state index is 11.9. The van der Waals surface area contributed by atoms with E-state index in [1.165, 1.54) is 7.11 Å². The molecule has 5 nitrogen and oxygen atoms in total. The SMILES string of the molecule is CCC(NC(=O)C(CN)OC)c1ccc(OC)cc1.